The summed E-state index contributed by atoms with van der Waals surface area (Å²) in [6.45, 7) is 3.35. The minimum Gasteiger partial charge on any atom is -0.170 e. The fourth-order valence-corrected chi connectivity index (χ4v) is 3.30. The van der Waals surface area contributed by atoms with Crippen molar-refractivity contribution < 1.29 is 26.3 Å². The highest BCUT2D eigenvalue weighted by molar-refractivity contribution is 5.35. The summed E-state index contributed by atoms with van der Waals surface area (Å²) in [5, 5.41) is 0. The van der Waals surface area contributed by atoms with Crippen LogP contribution < -0.4 is 0 Å². The van der Waals surface area contributed by atoms with E-state index in [2.05, 4.69) is 0 Å². The average molecular weight is 336 g/mol. The van der Waals surface area contributed by atoms with Crippen LogP contribution in [0.25, 0.3) is 0 Å². The van der Waals surface area contributed by atoms with Crippen LogP contribution in [0.5, 0.6) is 0 Å². The summed E-state index contributed by atoms with van der Waals surface area (Å²) >= 11 is 0. The van der Waals surface area contributed by atoms with Crippen LogP contribution in [0, 0.1) is 11.3 Å². The molecule has 1 atom stereocenters. The van der Waals surface area contributed by atoms with Crippen LogP contribution in [0.3, 0.4) is 0 Å². The molecule has 0 aromatic heterocycles. The molecule has 0 nitrogen and oxygen atoms in total. The average Bonchev–Trinajstić information content (AvgIpc) is 2.40. The highest BCUT2D eigenvalue weighted by atomic mass is 19.4. The van der Waals surface area contributed by atoms with Crippen molar-refractivity contribution in [3.63, 3.8) is 0 Å². The monoisotopic (exact) mass is 336 g/mol. The van der Waals surface area contributed by atoms with Crippen LogP contribution in [-0.4, -0.2) is 12.4 Å². The molecule has 0 aromatic rings. The first-order valence-electron chi connectivity index (χ1n) is 7.35. The minimum atomic E-state index is -5.41. The number of allylic oxidation sites excluding steroid dienone is 8. The predicted octanol–water partition coefficient (Wildman–Crippen LogP) is 6.29. The molecule has 0 radical (unpaired) electrons. The van der Waals surface area contributed by atoms with Gasteiger partial charge >= 0.3 is 12.4 Å². The van der Waals surface area contributed by atoms with E-state index in [-0.39, 0.29) is 19.3 Å². The van der Waals surface area contributed by atoms with Crippen LogP contribution in [0.2, 0.25) is 0 Å². The zero-order valence-corrected chi connectivity index (χ0v) is 12.9. The summed E-state index contributed by atoms with van der Waals surface area (Å²) < 4.78 is 82.8. The molecule has 2 aliphatic rings. The normalized spacial score (nSPS) is 23.3. The third kappa shape index (κ3) is 3.00. The van der Waals surface area contributed by atoms with E-state index in [1.807, 2.05) is 0 Å². The van der Waals surface area contributed by atoms with E-state index in [0.717, 1.165) is 17.7 Å². The van der Waals surface area contributed by atoms with E-state index in [1.54, 1.807) is 13.8 Å². The Kier molecular flexibility index (Phi) is 4.57. The van der Waals surface area contributed by atoms with Gasteiger partial charge in [0.05, 0.1) is 0 Å². The second-order valence-corrected chi connectivity index (χ2v) is 6.16. The molecule has 0 bridgehead atoms. The fraction of sp³-hybridized carbons (Fsp3) is 0.529. The van der Waals surface area contributed by atoms with Crippen LogP contribution in [0.15, 0.2) is 47.1 Å². The van der Waals surface area contributed by atoms with Crippen LogP contribution in [-0.2, 0) is 0 Å². The molecule has 0 aromatic carbocycles. The molecule has 2 rings (SSSR count). The maximum atomic E-state index is 13.8. The first kappa shape index (κ1) is 17.9. The van der Waals surface area contributed by atoms with E-state index < -0.39 is 29.3 Å². The molecule has 1 unspecified atom stereocenters. The lowest BCUT2D eigenvalue weighted by atomic mass is 9.64. The van der Waals surface area contributed by atoms with E-state index >= 15 is 0 Å². The van der Waals surface area contributed by atoms with Gasteiger partial charge in [-0.25, -0.2) is 0 Å². The van der Waals surface area contributed by atoms with Crippen molar-refractivity contribution in [2.24, 2.45) is 11.3 Å². The number of alkyl halides is 6. The lowest BCUT2D eigenvalue weighted by molar-refractivity contribution is -0.338. The third-order valence-corrected chi connectivity index (χ3v) is 4.60. The number of hydrogen-bond acceptors (Lipinski definition) is 0. The molecule has 23 heavy (non-hydrogen) atoms. The van der Waals surface area contributed by atoms with Gasteiger partial charge in [0, 0.05) is 5.92 Å². The fourth-order valence-electron chi connectivity index (χ4n) is 3.30. The lowest BCUT2D eigenvalue weighted by Crippen LogP contribution is -2.56. The number of halogens is 6. The topological polar surface area (TPSA) is 0 Å². The van der Waals surface area contributed by atoms with Gasteiger partial charge in [0.15, 0.2) is 5.41 Å². The van der Waals surface area contributed by atoms with Crippen molar-refractivity contribution in [1.82, 2.24) is 0 Å². The van der Waals surface area contributed by atoms with Gasteiger partial charge in [-0.3, -0.25) is 0 Å². The molecular formula is C17H18F6. The third-order valence-electron chi connectivity index (χ3n) is 4.60. The second kappa shape index (κ2) is 5.87. The predicted molar refractivity (Wildman–Crippen MR) is 76.6 cm³/mol. The Morgan fingerprint density at radius 3 is 1.91 bits per heavy atom. The van der Waals surface area contributed by atoms with Crippen LogP contribution >= 0.6 is 0 Å². The van der Waals surface area contributed by atoms with Crippen molar-refractivity contribution >= 4 is 0 Å². The molecule has 0 N–H and O–H groups in total. The smallest absolute Gasteiger partial charge is 0.170 e. The minimum absolute atomic E-state index is 0.213. The molecule has 0 fully saturated rings. The van der Waals surface area contributed by atoms with Crippen molar-refractivity contribution in [3.8, 4) is 0 Å². The summed E-state index contributed by atoms with van der Waals surface area (Å²) in [4.78, 5) is 0. The quantitative estimate of drug-likeness (QED) is 0.520. The summed E-state index contributed by atoms with van der Waals surface area (Å²) in [5.41, 5.74) is -2.97. The maximum absolute atomic E-state index is 13.8. The maximum Gasteiger partial charge on any atom is 0.407 e. The number of hydrogen-bond donors (Lipinski definition) is 0. The van der Waals surface area contributed by atoms with Gasteiger partial charge < -0.3 is 0 Å². The summed E-state index contributed by atoms with van der Waals surface area (Å²) in [5.74, 6) is -1.68. The first-order valence-corrected chi connectivity index (χ1v) is 7.35. The molecule has 0 spiro atoms. The Morgan fingerprint density at radius 2 is 1.52 bits per heavy atom. The molecule has 6 heteroatoms. The molecule has 0 saturated carbocycles. The molecule has 0 heterocycles. The zero-order valence-electron chi connectivity index (χ0n) is 12.9. The Balaban J connectivity index is 2.65. The Hall–Kier alpha value is -1.46. The summed E-state index contributed by atoms with van der Waals surface area (Å²) in [6.07, 6.45) is -4.92. The highest BCUT2D eigenvalue weighted by Gasteiger charge is 2.74. The van der Waals surface area contributed by atoms with Crippen molar-refractivity contribution in [1.29, 1.82) is 0 Å². The SMILES string of the molecule is CC1=CCC(C(C2=CC=C(C)CC2)(C(F)(F)F)C(F)(F)F)C=C1. The molecule has 0 amide bonds. The van der Waals surface area contributed by atoms with Crippen LogP contribution in [0.4, 0.5) is 26.3 Å². The van der Waals surface area contributed by atoms with Crippen molar-refractivity contribution in [2.75, 3.05) is 0 Å². The molecule has 0 aliphatic heterocycles. The van der Waals surface area contributed by atoms with Gasteiger partial charge in [-0.1, -0.05) is 41.5 Å². The Labute approximate surface area is 131 Å². The van der Waals surface area contributed by atoms with Crippen molar-refractivity contribution in [2.45, 2.75) is 45.5 Å². The first-order chi connectivity index (χ1) is 10.5. The van der Waals surface area contributed by atoms with Gasteiger partial charge in [0.25, 0.3) is 0 Å². The van der Waals surface area contributed by atoms with Gasteiger partial charge in [0.1, 0.15) is 0 Å². The molecule has 0 saturated heterocycles. The van der Waals surface area contributed by atoms with Gasteiger partial charge in [-0.2, -0.15) is 26.3 Å². The summed E-state index contributed by atoms with van der Waals surface area (Å²) in [7, 11) is 0. The van der Waals surface area contributed by atoms with E-state index in [4.69, 9.17) is 0 Å². The standard InChI is InChI=1S/C17H18F6/c1-11-3-7-13(8-4-11)15(16(18,19)20,17(21,22)23)14-9-5-12(2)6-10-14/h3-5,7,9,13H,6,8,10H2,1-2H3. The number of rotatable bonds is 2. The Morgan fingerprint density at radius 1 is 0.913 bits per heavy atom. The van der Waals surface area contributed by atoms with Crippen molar-refractivity contribution in [3.05, 3.63) is 47.1 Å². The van der Waals surface area contributed by atoms with Crippen LogP contribution in [0.1, 0.15) is 33.1 Å². The van der Waals surface area contributed by atoms with Gasteiger partial charge in [-0.15, -0.1) is 0 Å². The Bertz CT molecular complexity index is 569. The highest BCUT2D eigenvalue weighted by Crippen LogP contribution is 2.62. The second-order valence-electron chi connectivity index (χ2n) is 6.16. The summed E-state index contributed by atoms with van der Waals surface area (Å²) in [6, 6.07) is 0. The van der Waals surface area contributed by atoms with Gasteiger partial charge in [-0.05, 0) is 38.7 Å². The zero-order chi connectivity index (χ0) is 17.5. The molecule has 2 aliphatic carbocycles. The van der Waals surface area contributed by atoms with E-state index in [1.165, 1.54) is 18.2 Å². The van der Waals surface area contributed by atoms with E-state index in [9.17, 15) is 26.3 Å². The molecular weight excluding hydrogens is 318 g/mol. The van der Waals surface area contributed by atoms with E-state index in [0.29, 0.717) is 5.57 Å². The largest absolute Gasteiger partial charge is 0.407 e. The molecule has 128 valence electrons. The lowest BCUT2D eigenvalue weighted by Gasteiger charge is -2.45. The van der Waals surface area contributed by atoms with Gasteiger partial charge in [0.2, 0.25) is 0 Å².